The number of benzene rings is 3. The fraction of sp³-hybridized carbons (Fsp3) is 0.190. The quantitative estimate of drug-likeness (QED) is 0.523. The van der Waals surface area contributed by atoms with Gasteiger partial charge in [0.25, 0.3) is 0 Å². The maximum absolute atomic E-state index is 10.8. The first-order valence-corrected chi connectivity index (χ1v) is 8.68. The van der Waals surface area contributed by atoms with E-state index < -0.39 is 0 Å². The molecule has 0 saturated carbocycles. The molecule has 3 aromatic carbocycles. The summed E-state index contributed by atoms with van der Waals surface area (Å²) in [6, 6.07) is 17.7. The van der Waals surface area contributed by atoms with Gasteiger partial charge < -0.3 is 5.11 Å². The zero-order valence-electron chi connectivity index (χ0n) is 14.0. The Morgan fingerprint density at radius 3 is 2.33 bits per heavy atom. The number of hydrogen-bond donors (Lipinski definition) is 2. The summed E-state index contributed by atoms with van der Waals surface area (Å²) in [5.74, 6) is 0.184. The molecule has 0 aliphatic rings. The molecule has 122 valence electrons. The van der Waals surface area contributed by atoms with E-state index in [0.29, 0.717) is 11.3 Å². The summed E-state index contributed by atoms with van der Waals surface area (Å²) in [5.41, 5.74) is 2.32. The van der Waals surface area contributed by atoms with E-state index in [9.17, 15) is 5.11 Å². The Hall–Kier alpha value is -2.13. The summed E-state index contributed by atoms with van der Waals surface area (Å²) in [6.07, 6.45) is 0. The van der Waals surface area contributed by atoms with Gasteiger partial charge in [-0.15, -0.1) is 0 Å². The molecule has 0 aliphatic carbocycles. The Morgan fingerprint density at radius 1 is 0.958 bits per heavy atom. The number of rotatable bonds is 2. The molecule has 0 atom stereocenters. The van der Waals surface area contributed by atoms with E-state index in [2.05, 4.69) is 36.7 Å². The van der Waals surface area contributed by atoms with Crippen LogP contribution in [0, 0.1) is 5.41 Å². The molecular formula is C21H20BrNO. The van der Waals surface area contributed by atoms with Crippen LogP contribution in [0.2, 0.25) is 0 Å². The molecule has 24 heavy (non-hydrogen) atoms. The van der Waals surface area contributed by atoms with Crippen LogP contribution < -0.4 is 0 Å². The van der Waals surface area contributed by atoms with Gasteiger partial charge in [0.05, 0.1) is 5.71 Å². The summed E-state index contributed by atoms with van der Waals surface area (Å²) >= 11 is 3.52. The summed E-state index contributed by atoms with van der Waals surface area (Å²) in [5, 5.41) is 21.6. The van der Waals surface area contributed by atoms with E-state index in [4.69, 9.17) is 5.41 Å². The molecule has 0 amide bonds. The van der Waals surface area contributed by atoms with Gasteiger partial charge in [0.2, 0.25) is 0 Å². The van der Waals surface area contributed by atoms with E-state index >= 15 is 0 Å². The van der Waals surface area contributed by atoms with Crippen molar-refractivity contribution in [1.82, 2.24) is 0 Å². The zero-order valence-corrected chi connectivity index (χ0v) is 15.6. The minimum absolute atomic E-state index is 0.184. The highest BCUT2D eigenvalue weighted by atomic mass is 79.9. The van der Waals surface area contributed by atoms with Crippen molar-refractivity contribution in [3.63, 3.8) is 0 Å². The maximum atomic E-state index is 10.8. The second-order valence-electron chi connectivity index (χ2n) is 7.00. The lowest BCUT2D eigenvalue weighted by molar-refractivity contribution is 0.445. The molecule has 0 aliphatic heterocycles. The molecule has 0 spiro atoms. The summed E-state index contributed by atoms with van der Waals surface area (Å²) in [7, 11) is 0. The lowest BCUT2D eigenvalue weighted by Crippen LogP contribution is -2.14. The fourth-order valence-electron chi connectivity index (χ4n) is 2.95. The third kappa shape index (κ3) is 2.96. The molecule has 3 rings (SSSR count). The van der Waals surface area contributed by atoms with Gasteiger partial charge in [-0.25, -0.2) is 0 Å². The van der Waals surface area contributed by atoms with E-state index in [1.165, 1.54) is 0 Å². The van der Waals surface area contributed by atoms with Gasteiger partial charge in [-0.05, 0) is 28.3 Å². The minimum atomic E-state index is -0.207. The predicted molar refractivity (Wildman–Crippen MR) is 104 cm³/mol. The smallest absolute Gasteiger partial charge is 0.128 e. The normalized spacial score (nSPS) is 11.7. The average Bonchev–Trinajstić information content (AvgIpc) is 2.54. The standard InChI is InChI=1S/C21H20BrNO/c1-21(2,3)18-12-14(22)11-17(20(18)24)19(23)16-10-6-8-13-7-4-5-9-15(13)16/h4-12,23-24H,1-3H3. The van der Waals surface area contributed by atoms with E-state index in [0.717, 1.165) is 26.4 Å². The van der Waals surface area contributed by atoms with Crippen molar-refractivity contribution in [3.8, 4) is 5.75 Å². The van der Waals surface area contributed by atoms with E-state index in [1.54, 1.807) is 0 Å². The first kappa shape index (κ1) is 16.7. The Labute approximate surface area is 150 Å². The Kier molecular flexibility index (Phi) is 4.22. The molecule has 0 unspecified atom stereocenters. The van der Waals surface area contributed by atoms with Gasteiger partial charge in [0, 0.05) is 21.2 Å². The molecule has 3 aromatic rings. The van der Waals surface area contributed by atoms with E-state index in [1.807, 2.05) is 54.6 Å². The van der Waals surface area contributed by atoms with Crippen LogP contribution in [0.5, 0.6) is 5.75 Å². The van der Waals surface area contributed by atoms with Crippen molar-refractivity contribution >= 4 is 32.4 Å². The van der Waals surface area contributed by atoms with Crippen molar-refractivity contribution in [3.05, 3.63) is 75.8 Å². The third-order valence-corrected chi connectivity index (χ3v) is 4.67. The summed E-state index contributed by atoms with van der Waals surface area (Å²) < 4.78 is 0.866. The SMILES string of the molecule is CC(C)(C)c1cc(Br)cc(C(=N)c2cccc3ccccc23)c1O. The first-order chi connectivity index (χ1) is 11.3. The Morgan fingerprint density at radius 2 is 1.62 bits per heavy atom. The summed E-state index contributed by atoms with van der Waals surface area (Å²) in [6.45, 7) is 6.17. The van der Waals surface area contributed by atoms with Crippen molar-refractivity contribution in [1.29, 1.82) is 5.41 Å². The Bertz CT molecular complexity index is 933. The fourth-order valence-corrected chi connectivity index (χ4v) is 3.41. The third-order valence-electron chi connectivity index (χ3n) is 4.21. The van der Waals surface area contributed by atoms with Crippen LogP contribution in [0.1, 0.15) is 37.5 Å². The van der Waals surface area contributed by atoms with Gasteiger partial charge in [-0.1, -0.05) is 79.2 Å². The van der Waals surface area contributed by atoms with Gasteiger partial charge in [-0.2, -0.15) is 0 Å². The van der Waals surface area contributed by atoms with Gasteiger partial charge in [0.15, 0.2) is 0 Å². The van der Waals surface area contributed by atoms with Gasteiger partial charge in [0.1, 0.15) is 5.75 Å². The highest BCUT2D eigenvalue weighted by molar-refractivity contribution is 9.10. The van der Waals surface area contributed by atoms with Crippen LogP contribution in [-0.4, -0.2) is 10.8 Å². The van der Waals surface area contributed by atoms with Crippen LogP contribution in [0.3, 0.4) is 0 Å². The van der Waals surface area contributed by atoms with Crippen molar-refractivity contribution in [2.45, 2.75) is 26.2 Å². The van der Waals surface area contributed by atoms with Crippen LogP contribution in [0.4, 0.5) is 0 Å². The van der Waals surface area contributed by atoms with Crippen molar-refractivity contribution in [2.75, 3.05) is 0 Å². The molecule has 0 fully saturated rings. The molecule has 0 aromatic heterocycles. The van der Waals surface area contributed by atoms with Crippen molar-refractivity contribution < 1.29 is 5.11 Å². The number of halogens is 1. The second kappa shape index (κ2) is 6.06. The number of phenols is 1. The topological polar surface area (TPSA) is 44.1 Å². The van der Waals surface area contributed by atoms with Gasteiger partial charge in [-0.3, -0.25) is 5.41 Å². The summed E-state index contributed by atoms with van der Waals surface area (Å²) in [4.78, 5) is 0. The van der Waals surface area contributed by atoms with Crippen LogP contribution in [0.15, 0.2) is 59.1 Å². The molecular weight excluding hydrogens is 362 g/mol. The van der Waals surface area contributed by atoms with Crippen LogP contribution in [-0.2, 0) is 5.41 Å². The van der Waals surface area contributed by atoms with Crippen LogP contribution >= 0.6 is 15.9 Å². The predicted octanol–water partition coefficient (Wildman–Crippen LogP) is 6.02. The minimum Gasteiger partial charge on any atom is -0.507 e. The monoisotopic (exact) mass is 381 g/mol. The molecule has 0 bridgehead atoms. The first-order valence-electron chi connectivity index (χ1n) is 7.89. The number of nitrogens with one attached hydrogen (secondary N) is 1. The van der Waals surface area contributed by atoms with Gasteiger partial charge >= 0.3 is 0 Å². The Balaban J connectivity index is 2.22. The average molecular weight is 382 g/mol. The molecule has 0 radical (unpaired) electrons. The molecule has 0 heterocycles. The number of fused-ring (bicyclic) bond motifs is 1. The number of hydrogen-bond acceptors (Lipinski definition) is 2. The number of aromatic hydroxyl groups is 1. The molecule has 3 heteroatoms. The van der Waals surface area contributed by atoms with Crippen LogP contribution in [0.25, 0.3) is 10.8 Å². The zero-order chi connectivity index (χ0) is 17.5. The lowest BCUT2D eigenvalue weighted by Gasteiger charge is -2.23. The highest BCUT2D eigenvalue weighted by Gasteiger charge is 2.23. The lowest BCUT2D eigenvalue weighted by atomic mass is 9.84. The molecule has 2 N–H and O–H groups in total. The largest absolute Gasteiger partial charge is 0.507 e. The van der Waals surface area contributed by atoms with E-state index in [-0.39, 0.29) is 11.2 Å². The number of phenolic OH excluding ortho intramolecular Hbond substituents is 1. The maximum Gasteiger partial charge on any atom is 0.128 e. The molecule has 2 nitrogen and oxygen atoms in total. The van der Waals surface area contributed by atoms with Crippen molar-refractivity contribution in [2.24, 2.45) is 0 Å². The second-order valence-corrected chi connectivity index (χ2v) is 7.92. The molecule has 0 saturated heterocycles. The highest BCUT2D eigenvalue weighted by Crippen LogP contribution is 2.37.